The molecule has 3 aliphatic rings. The van der Waals surface area contributed by atoms with Gasteiger partial charge in [-0.1, -0.05) is 11.6 Å². The van der Waals surface area contributed by atoms with E-state index >= 15 is 0 Å². The summed E-state index contributed by atoms with van der Waals surface area (Å²) in [6, 6.07) is 17.7. The number of nitrogens with one attached hydrogen (secondary N) is 2. The van der Waals surface area contributed by atoms with E-state index < -0.39 is 9.84 Å². The van der Waals surface area contributed by atoms with Crippen LogP contribution < -0.4 is 25.2 Å². The van der Waals surface area contributed by atoms with Gasteiger partial charge in [0.1, 0.15) is 29.2 Å². The number of unbranched alkanes of at least 4 members (excludes halogenated alkanes) is 1. The van der Waals surface area contributed by atoms with Crippen molar-refractivity contribution in [3.05, 3.63) is 93.6 Å². The number of ether oxygens (including phenoxy) is 2. The first-order valence-electron chi connectivity index (χ1n) is 21.1. The van der Waals surface area contributed by atoms with E-state index in [1.165, 1.54) is 10.8 Å². The number of piperazine rings is 1. The minimum atomic E-state index is -3.48. The lowest BCUT2D eigenvalue weighted by atomic mass is 9.93. The Kier molecular flexibility index (Phi) is 12.7. The van der Waals surface area contributed by atoms with E-state index in [1.807, 2.05) is 12.1 Å². The molecule has 4 heterocycles. The molecule has 5 aromatic rings. The van der Waals surface area contributed by atoms with Gasteiger partial charge in [-0.15, -0.1) is 10.2 Å². The number of fused-ring (bicyclic) bond motifs is 1. The Balaban J connectivity index is 0.788. The van der Waals surface area contributed by atoms with Gasteiger partial charge in [-0.3, -0.25) is 14.5 Å². The summed E-state index contributed by atoms with van der Waals surface area (Å²) in [7, 11) is -1.79. The number of anilines is 1. The number of hydrogen-bond acceptors (Lipinski definition) is 11. The van der Waals surface area contributed by atoms with Gasteiger partial charge in [0.05, 0.1) is 21.6 Å². The number of hydrogen-bond donors (Lipinski definition) is 2. The van der Waals surface area contributed by atoms with E-state index in [9.17, 15) is 18.0 Å². The number of rotatable bonds is 15. The minimum absolute atomic E-state index is 0.00809. The quantitative estimate of drug-likeness (QED) is 0.110. The molecular weight excluding hydrogens is 816 g/mol. The van der Waals surface area contributed by atoms with Crippen molar-refractivity contribution in [2.24, 2.45) is 13.0 Å². The molecule has 1 atom stereocenters. The minimum Gasteiger partial charge on any atom is -0.490 e. The average molecular weight is 867 g/mol. The number of carbonyl (C=O) groups is 1. The maximum Gasteiger partial charge on any atom is 0.274 e. The van der Waals surface area contributed by atoms with Crippen LogP contribution in [-0.2, 0) is 16.9 Å². The van der Waals surface area contributed by atoms with Gasteiger partial charge in [0, 0.05) is 80.5 Å². The summed E-state index contributed by atoms with van der Waals surface area (Å²) in [6.45, 7) is 4.42. The smallest absolute Gasteiger partial charge is 0.274 e. The van der Waals surface area contributed by atoms with Gasteiger partial charge in [-0.05, 0) is 119 Å². The Morgan fingerprint density at radius 3 is 2.46 bits per heavy atom. The Morgan fingerprint density at radius 1 is 0.984 bits per heavy atom. The van der Waals surface area contributed by atoms with E-state index in [0.717, 1.165) is 107 Å². The molecule has 1 unspecified atom stereocenters. The molecule has 0 radical (unpaired) electrons. The summed E-state index contributed by atoms with van der Waals surface area (Å²) in [5, 5.41) is 22.0. The second-order valence-electron chi connectivity index (χ2n) is 16.6. The van der Waals surface area contributed by atoms with E-state index in [4.69, 9.17) is 26.3 Å². The van der Waals surface area contributed by atoms with Gasteiger partial charge in [0.15, 0.2) is 21.3 Å². The van der Waals surface area contributed by atoms with Crippen LogP contribution in [0.3, 0.4) is 0 Å². The third-order valence-electron chi connectivity index (χ3n) is 12.2. The second kappa shape index (κ2) is 18.3. The third-order valence-corrected chi connectivity index (χ3v) is 13.6. The van der Waals surface area contributed by atoms with Crippen LogP contribution >= 0.6 is 11.6 Å². The molecule has 16 heteroatoms. The molecule has 61 heavy (non-hydrogen) atoms. The molecule has 1 saturated heterocycles. The van der Waals surface area contributed by atoms with E-state index in [1.54, 1.807) is 61.9 Å². The zero-order chi connectivity index (χ0) is 42.7. The molecule has 0 spiro atoms. The normalized spacial score (nSPS) is 19.0. The topological polar surface area (TPSA) is 176 Å². The summed E-state index contributed by atoms with van der Waals surface area (Å²) in [5.74, 6) is 2.26. The molecule has 2 aliphatic carbocycles. The summed E-state index contributed by atoms with van der Waals surface area (Å²) in [5.41, 5.74) is 2.42. The Morgan fingerprint density at radius 2 is 1.77 bits per heavy atom. The summed E-state index contributed by atoms with van der Waals surface area (Å²) in [6.07, 6.45) is 13.0. The Hall–Kier alpha value is -5.43. The molecule has 320 valence electrons. The van der Waals surface area contributed by atoms with Crippen molar-refractivity contribution in [2.75, 3.05) is 43.9 Å². The van der Waals surface area contributed by atoms with Crippen molar-refractivity contribution in [2.45, 2.75) is 80.9 Å². The lowest BCUT2D eigenvalue weighted by molar-refractivity contribution is 0.0888. The first-order chi connectivity index (χ1) is 29.4. The fourth-order valence-corrected chi connectivity index (χ4v) is 9.35. The van der Waals surface area contributed by atoms with E-state index in [2.05, 4.69) is 36.4 Å². The summed E-state index contributed by atoms with van der Waals surface area (Å²) < 4.78 is 39.6. The van der Waals surface area contributed by atoms with Gasteiger partial charge in [0.25, 0.3) is 11.5 Å². The molecule has 0 bridgehead atoms. The van der Waals surface area contributed by atoms with Crippen molar-refractivity contribution in [1.29, 1.82) is 5.26 Å². The molecule has 2 saturated carbocycles. The van der Waals surface area contributed by atoms with Crippen molar-refractivity contribution < 1.29 is 22.7 Å². The molecule has 1 aliphatic heterocycles. The van der Waals surface area contributed by atoms with Crippen LogP contribution in [0.25, 0.3) is 22.0 Å². The van der Waals surface area contributed by atoms with Crippen molar-refractivity contribution >= 4 is 44.1 Å². The molecule has 14 nitrogen and oxygen atoms in total. The Labute approximate surface area is 360 Å². The van der Waals surface area contributed by atoms with Crippen molar-refractivity contribution in [3.8, 4) is 28.7 Å². The van der Waals surface area contributed by atoms with Gasteiger partial charge >= 0.3 is 0 Å². The molecule has 2 N–H and O–H groups in total. The van der Waals surface area contributed by atoms with Crippen molar-refractivity contribution in [3.63, 3.8) is 0 Å². The lowest BCUT2D eigenvalue weighted by Crippen LogP contribution is -2.47. The number of amides is 1. The molecule has 2 aromatic carbocycles. The number of benzene rings is 2. The Bertz CT molecular complexity index is 2590. The first kappa shape index (κ1) is 42.3. The number of nitriles is 1. The molecule has 3 fully saturated rings. The second-order valence-corrected chi connectivity index (χ2v) is 19.0. The number of pyridine rings is 1. The first-order valence-corrected chi connectivity index (χ1v) is 23.4. The number of halogens is 1. The highest BCUT2D eigenvalue weighted by atomic mass is 35.5. The van der Waals surface area contributed by atoms with Crippen LogP contribution in [-0.4, -0.2) is 96.2 Å². The zero-order valence-corrected chi connectivity index (χ0v) is 36.1. The number of carbonyl (C=O) groups excluding carboxylic acids is 1. The van der Waals surface area contributed by atoms with Crippen LogP contribution in [0, 0.1) is 17.2 Å². The SMILES string of the molecule is Cn1cc(-c2cc(S(C)(=O)=O)ccc2OC(CCCCN2CCN(c3ccc(C(=O)NC4CCC(Oc5ccc(C#N)c(Cl)c5)CC4)nn3)CC2)C2CC2)c2cc[nH]c2c1=O. The van der Waals surface area contributed by atoms with Crippen molar-refractivity contribution in [1.82, 2.24) is 30.0 Å². The third kappa shape index (κ3) is 10.0. The molecule has 1 amide bonds. The zero-order valence-electron chi connectivity index (χ0n) is 34.5. The fourth-order valence-electron chi connectivity index (χ4n) is 8.49. The molecular formula is C45H51ClN8O6S. The van der Waals surface area contributed by atoms with Crippen LogP contribution in [0.5, 0.6) is 11.5 Å². The average Bonchev–Trinajstić information content (AvgIpc) is 3.99. The highest BCUT2D eigenvalue weighted by molar-refractivity contribution is 7.90. The van der Waals surface area contributed by atoms with Gasteiger partial charge in [-0.25, -0.2) is 8.42 Å². The highest BCUT2D eigenvalue weighted by Gasteiger charge is 2.34. The summed E-state index contributed by atoms with van der Waals surface area (Å²) >= 11 is 6.16. The number of aromatic amines is 1. The van der Waals surface area contributed by atoms with E-state index in [-0.39, 0.29) is 34.6 Å². The van der Waals surface area contributed by atoms with E-state index in [0.29, 0.717) is 44.8 Å². The predicted molar refractivity (Wildman–Crippen MR) is 234 cm³/mol. The monoisotopic (exact) mass is 866 g/mol. The van der Waals surface area contributed by atoms with Crippen LogP contribution in [0.2, 0.25) is 5.02 Å². The predicted octanol–water partition coefficient (Wildman–Crippen LogP) is 6.52. The standard InChI is InChI=1S/C45H51ClN8O6S/c1-52-28-37(35-18-19-48-43(35)45(52)56)36-26-34(61(2,57)58)14-16-41(36)60-40(29-6-7-29)5-3-4-20-53-21-23-54(24-22-53)42-17-15-39(50-51-42)44(55)49-31-9-12-32(13-10-31)59-33-11-8-30(27-47)38(46)25-33/h8,11,14-19,25-26,28-29,31-32,40,48H,3-7,9-10,12-13,20-24H2,1-2H3,(H,49,55). The molecule has 8 rings (SSSR count). The number of aryl methyl sites for hydroxylation is 1. The number of H-pyrrole nitrogens is 1. The largest absolute Gasteiger partial charge is 0.490 e. The van der Waals surface area contributed by atoms with Crippen LogP contribution in [0.4, 0.5) is 5.82 Å². The molecule has 3 aromatic heterocycles. The fraction of sp³-hybridized carbons (Fsp3) is 0.444. The maximum absolute atomic E-state index is 13.0. The lowest BCUT2D eigenvalue weighted by Gasteiger charge is -2.35. The van der Waals surface area contributed by atoms with Gasteiger partial charge < -0.3 is 29.2 Å². The highest BCUT2D eigenvalue weighted by Crippen LogP contribution is 2.41. The van der Waals surface area contributed by atoms with Gasteiger partial charge in [-0.2, -0.15) is 5.26 Å². The van der Waals surface area contributed by atoms with Crippen LogP contribution in [0.1, 0.15) is 73.8 Å². The number of aromatic nitrogens is 4. The summed E-state index contributed by atoms with van der Waals surface area (Å²) in [4.78, 5) is 33.8. The van der Waals surface area contributed by atoms with Crippen LogP contribution in [0.15, 0.2) is 76.7 Å². The number of nitrogens with zero attached hydrogens (tertiary/aromatic N) is 6. The number of sulfone groups is 1. The maximum atomic E-state index is 13.0. The van der Waals surface area contributed by atoms with Gasteiger partial charge in [0.2, 0.25) is 0 Å².